The van der Waals surface area contributed by atoms with Crippen LogP contribution in [-0.4, -0.2) is 30.0 Å². The number of hydrogen-bond donors (Lipinski definition) is 2. The first kappa shape index (κ1) is 17.7. The van der Waals surface area contributed by atoms with E-state index in [4.69, 9.17) is 0 Å². The van der Waals surface area contributed by atoms with Gasteiger partial charge in [-0.3, -0.25) is 9.59 Å². The zero-order chi connectivity index (χ0) is 17.0. The van der Waals surface area contributed by atoms with E-state index in [1.54, 1.807) is 29.2 Å². The molecule has 1 aliphatic heterocycles. The molecule has 124 valence electrons. The van der Waals surface area contributed by atoms with Crippen molar-refractivity contribution in [3.05, 3.63) is 34.9 Å². The molecule has 0 saturated heterocycles. The van der Waals surface area contributed by atoms with Gasteiger partial charge in [0.15, 0.2) is 0 Å². The number of benzene rings is 1. The number of rotatable bonds is 4. The smallest absolute Gasteiger partial charge is 0.322 e. The summed E-state index contributed by atoms with van der Waals surface area (Å²) in [5, 5.41) is 4.36. The number of halogens is 3. The van der Waals surface area contributed by atoms with Gasteiger partial charge in [0.1, 0.15) is 0 Å². The lowest BCUT2D eigenvalue weighted by molar-refractivity contribution is -0.172. The van der Waals surface area contributed by atoms with Gasteiger partial charge in [0, 0.05) is 21.9 Å². The summed E-state index contributed by atoms with van der Waals surface area (Å²) in [4.78, 5) is 24.2. The normalized spacial score (nSPS) is 14.8. The average molecular weight is 362 g/mol. The molecule has 4 nitrogen and oxygen atoms in total. The Bertz CT molecular complexity index is 642. The molecule has 1 aliphatic rings. The fourth-order valence-corrected chi connectivity index (χ4v) is 3.29. The molecule has 0 spiro atoms. The standard InChI is InChI=1S/C14H13F3N2O2S2/c1-22-9-4-2-8(3-5-9)18-11(20)10-6-7-23-12(10)19-13(21)14(15,16)17/h2-5H,6-7H2,1H3,(H,18,20)(H,19,21). The van der Waals surface area contributed by atoms with Gasteiger partial charge in [0.05, 0.1) is 5.03 Å². The number of alkyl halides is 3. The molecule has 0 atom stereocenters. The zero-order valence-electron chi connectivity index (χ0n) is 12.0. The highest BCUT2D eigenvalue weighted by Gasteiger charge is 2.40. The van der Waals surface area contributed by atoms with Crippen LogP contribution in [0.4, 0.5) is 18.9 Å². The molecule has 0 aliphatic carbocycles. The fraction of sp³-hybridized carbons (Fsp3) is 0.286. The number of carbonyl (C=O) groups excluding carboxylic acids is 2. The van der Waals surface area contributed by atoms with Gasteiger partial charge >= 0.3 is 12.1 Å². The molecule has 1 aromatic carbocycles. The monoisotopic (exact) mass is 362 g/mol. The van der Waals surface area contributed by atoms with Crippen LogP contribution in [0.15, 0.2) is 39.8 Å². The van der Waals surface area contributed by atoms with Crippen molar-refractivity contribution in [3.8, 4) is 0 Å². The molecule has 1 aromatic rings. The quantitative estimate of drug-likeness (QED) is 0.807. The summed E-state index contributed by atoms with van der Waals surface area (Å²) in [7, 11) is 0. The number of thioether (sulfide) groups is 2. The molecule has 0 fully saturated rings. The summed E-state index contributed by atoms with van der Waals surface area (Å²) in [6.45, 7) is 0. The van der Waals surface area contributed by atoms with Gasteiger partial charge < -0.3 is 10.6 Å². The van der Waals surface area contributed by atoms with Crippen LogP contribution in [0.25, 0.3) is 0 Å². The van der Waals surface area contributed by atoms with Gasteiger partial charge in [-0.25, -0.2) is 0 Å². The second-order valence-electron chi connectivity index (χ2n) is 4.54. The Morgan fingerprint density at radius 2 is 1.83 bits per heavy atom. The Hall–Kier alpha value is -1.61. The van der Waals surface area contributed by atoms with Gasteiger partial charge in [-0.05, 0) is 36.9 Å². The van der Waals surface area contributed by atoms with Gasteiger partial charge in [-0.1, -0.05) is 0 Å². The van der Waals surface area contributed by atoms with E-state index in [9.17, 15) is 22.8 Å². The van der Waals surface area contributed by atoms with E-state index in [1.165, 1.54) is 0 Å². The Labute approximate surface area is 139 Å². The molecule has 0 saturated carbocycles. The van der Waals surface area contributed by atoms with Crippen LogP contribution >= 0.6 is 23.5 Å². The van der Waals surface area contributed by atoms with Crippen molar-refractivity contribution in [1.82, 2.24) is 5.32 Å². The van der Waals surface area contributed by atoms with E-state index >= 15 is 0 Å². The minimum absolute atomic E-state index is 0.0365. The third-order valence-corrected chi connectivity index (χ3v) is 4.77. The van der Waals surface area contributed by atoms with E-state index in [0.717, 1.165) is 16.7 Å². The number of hydrogen-bond acceptors (Lipinski definition) is 4. The van der Waals surface area contributed by atoms with Gasteiger partial charge in [-0.2, -0.15) is 13.2 Å². The highest BCUT2D eigenvalue weighted by molar-refractivity contribution is 8.03. The summed E-state index contributed by atoms with van der Waals surface area (Å²) in [5.41, 5.74) is 0.695. The number of amides is 2. The average Bonchev–Trinajstić information content (AvgIpc) is 2.95. The van der Waals surface area contributed by atoms with Crippen LogP contribution in [0.5, 0.6) is 0 Å². The lowest BCUT2D eigenvalue weighted by Crippen LogP contribution is -2.36. The van der Waals surface area contributed by atoms with Crippen molar-refractivity contribution in [2.45, 2.75) is 17.5 Å². The molecule has 1 heterocycles. The van der Waals surface area contributed by atoms with Crippen LogP contribution in [0.1, 0.15) is 6.42 Å². The highest BCUT2D eigenvalue weighted by Crippen LogP contribution is 2.31. The minimum Gasteiger partial charge on any atom is -0.322 e. The van der Waals surface area contributed by atoms with Crippen molar-refractivity contribution < 1.29 is 22.8 Å². The molecular formula is C14H13F3N2O2S2. The van der Waals surface area contributed by atoms with Gasteiger partial charge in [0.2, 0.25) is 0 Å². The second-order valence-corrected chi connectivity index (χ2v) is 6.53. The van der Waals surface area contributed by atoms with Crippen molar-refractivity contribution in [2.75, 3.05) is 17.3 Å². The van der Waals surface area contributed by atoms with Gasteiger partial charge in [-0.15, -0.1) is 23.5 Å². The predicted octanol–water partition coefficient (Wildman–Crippen LogP) is 3.37. The van der Waals surface area contributed by atoms with Crippen molar-refractivity contribution in [3.63, 3.8) is 0 Å². The lowest BCUT2D eigenvalue weighted by Gasteiger charge is -2.11. The zero-order valence-corrected chi connectivity index (χ0v) is 13.6. The molecule has 23 heavy (non-hydrogen) atoms. The van der Waals surface area contributed by atoms with E-state index in [0.29, 0.717) is 17.9 Å². The summed E-state index contributed by atoms with van der Waals surface area (Å²) in [6.07, 6.45) is -2.76. The molecule has 0 aromatic heterocycles. The SMILES string of the molecule is CSc1ccc(NC(=O)C2=C(NC(=O)C(F)(F)F)SCC2)cc1. The number of anilines is 1. The Morgan fingerprint density at radius 1 is 1.17 bits per heavy atom. The Balaban J connectivity index is 2.09. The van der Waals surface area contributed by atoms with Crippen LogP contribution < -0.4 is 10.6 Å². The summed E-state index contributed by atoms with van der Waals surface area (Å²) in [6, 6.07) is 7.06. The number of nitrogens with one attached hydrogen (secondary N) is 2. The Kier molecular flexibility index (Phi) is 5.64. The predicted molar refractivity (Wildman–Crippen MR) is 85.2 cm³/mol. The Morgan fingerprint density at radius 3 is 2.39 bits per heavy atom. The molecule has 9 heteroatoms. The maximum atomic E-state index is 12.3. The van der Waals surface area contributed by atoms with Crippen molar-refractivity contribution in [2.24, 2.45) is 0 Å². The van der Waals surface area contributed by atoms with Crippen molar-refractivity contribution in [1.29, 1.82) is 0 Å². The third kappa shape index (κ3) is 4.68. The van der Waals surface area contributed by atoms with Gasteiger partial charge in [0.25, 0.3) is 5.91 Å². The third-order valence-electron chi connectivity index (χ3n) is 2.98. The summed E-state index contributed by atoms with van der Waals surface area (Å²) < 4.78 is 36.9. The number of carbonyl (C=O) groups is 2. The van der Waals surface area contributed by atoms with E-state index in [-0.39, 0.29) is 10.6 Å². The largest absolute Gasteiger partial charge is 0.471 e. The minimum atomic E-state index is -4.98. The van der Waals surface area contributed by atoms with Crippen LogP contribution in [0.3, 0.4) is 0 Å². The van der Waals surface area contributed by atoms with E-state index in [1.807, 2.05) is 18.4 Å². The first-order valence-corrected chi connectivity index (χ1v) is 8.72. The fourth-order valence-electron chi connectivity index (χ4n) is 1.84. The maximum absolute atomic E-state index is 12.3. The molecule has 2 N–H and O–H groups in total. The van der Waals surface area contributed by atoms with Crippen LogP contribution in [0, 0.1) is 0 Å². The highest BCUT2D eigenvalue weighted by atomic mass is 32.2. The van der Waals surface area contributed by atoms with E-state index in [2.05, 4.69) is 5.32 Å². The summed E-state index contributed by atoms with van der Waals surface area (Å²) in [5.74, 6) is -2.14. The molecule has 2 amide bonds. The second kappa shape index (κ2) is 7.31. The molecule has 0 radical (unpaired) electrons. The molecular weight excluding hydrogens is 349 g/mol. The summed E-state index contributed by atoms with van der Waals surface area (Å²) >= 11 is 2.58. The van der Waals surface area contributed by atoms with Crippen LogP contribution in [0.2, 0.25) is 0 Å². The molecule has 2 rings (SSSR count). The van der Waals surface area contributed by atoms with Crippen LogP contribution in [-0.2, 0) is 9.59 Å². The topological polar surface area (TPSA) is 58.2 Å². The lowest BCUT2D eigenvalue weighted by atomic mass is 10.2. The van der Waals surface area contributed by atoms with E-state index < -0.39 is 18.0 Å². The van der Waals surface area contributed by atoms with Crippen molar-refractivity contribution >= 4 is 41.0 Å². The first-order chi connectivity index (χ1) is 10.8. The maximum Gasteiger partial charge on any atom is 0.471 e. The molecule has 0 unspecified atom stereocenters. The first-order valence-electron chi connectivity index (χ1n) is 6.51. The molecule has 0 bridgehead atoms.